The van der Waals surface area contributed by atoms with Gasteiger partial charge in [0.2, 0.25) is 0 Å². The van der Waals surface area contributed by atoms with E-state index in [0.29, 0.717) is 47.4 Å². The van der Waals surface area contributed by atoms with Crippen molar-refractivity contribution in [3.63, 3.8) is 0 Å². The number of benzene rings is 2. The molecular formula is C26H30N4O6S. The van der Waals surface area contributed by atoms with Crippen molar-refractivity contribution in [1.82, 2.24) is 15.6 Å². The molecule has 5 N–H and O–H groups in total. The predicted octanol–water partition coefficient (Wildman–Crippen LogP) is 3.29. The number of anilines is 1. The molecule has 2 aromatic carbocycles. The fourth-order valence-corrected chi connectivity index (χ4v) is 4.50. The highest BCUT2D eigenvalue weighted by atomic mass is 32.1. The molecule has 1 aliphatic carbocycles. The highest BCUT2D eigenvalue weighted by Crippen LogP contribution is 2.34. The summed E-state index contributed by atoms with van der Waals surface area (Å²) in [6.45, 7) is 3.50. The van der Waals surface area contributed by atoms with Crippen molar-refractivity contribution in [2.45, 2.75) is 12.8 Å². The number of fused-ring (bicyclic) bond motifs is 1. The van der Waals surface area contributed by atoms with Crippen LogP contribution in [0.15, 0.2) is 42.5 Å². The molecule has 1 saturated carbocycles. The van der Waals surface area contributed by atoms with E-state index in [1.165, 1.54) is 12.8 Å². The van der Waals surface area contributed by atoms with Crippen molar-refractivity contribution in [3.8, 4) is 27.7 Å². The zero-order valence-electron chi connectivity index (χ0n) is 20.5. The Morgan fingerprint density at radius 3 is 2.70 bits per heavy atom. The van der Waals surface area contributed by atoms with Crippen LogP contribution in [0.5, 0.6) is 17.2 Å². The molecular weight excluding hydrogens is 496 g/mol. The van der Waals surface area contributed by atoms with Gasteiger partial charge in [-0.3, -0.25) is 4.79 Å². The number of ether oxygens (including phenoxy) is 3. The number of para-hydroxylation sites is 1. The minimum absolute atomic E-state index is 0.0271. The van der Waals surface area contributed by atoms with Crippen LogP contribution in [0.25, 0.3) is 10.4 Å². The lowest BCUT2D eigenvalue weighted by Crippen LogP contribution is -2.33. The number of carboxylic acids is 1. The van der Waals surface area contributed by atoms with Crippen LogP contribution in [0.1, 0.15) is 33.7 Å². The molecule has 0 atom stereocenters. The Labute approximate surface area is 218 Å². The van der Waals surface area contributed by atoms with Crippen LogP contribution in [0.4, 0.5) is 5.13 Å². The van der Waals surface area contributed by atoms with Crippen LogP contribution in [0.2, 0.25) is 0 Å². The van der Waals surface area contributed by atoms with E-state index in [-0.39, 0.29) is 16.7 Å². The van der Waals surface area contributed by atoms with Crippen molar-refractivity contribution >= 4 is 28.3 Å². The lowest BCUT2D eigenvalue weighted by Gasteiger charge is -2.20. The number of nitrogen functional groups attached to an aromatic ring is 1. The smallest absolute Gasteiger partial charge is 0.356 e. The van der Waals surface area contributed by atoms with Gasteiger partial charge in [-0.25, -0.2) is 9.78 Å². The van der Waals surface area contributed by atoms with E-state index in [0.717, 1.165) is 35.9 Å². The van der Waals surface area contributed by atoms with E-state index in [1.807, 2.05) is 12.1 Å². The molecule has 196 valence electrons. The summed E-state index contributed by atoms with van der Waals surface area (Å²) in [4.78, 5) is 27.5. The molecule has 1 fully saturated rings. The Morgan fingerprint density at radius 1 is 1.16 bits per heavy atom. The van der Waals surface area contributed by atoms with Crippen molar-refractivity contribution < 1.29 is 28.9 Å². The molecule has 37 heavy (non-hydrogen) atoms. The fraction of sp³-hybridized carbons (Fsp3) is 0.346. The van der Waals surface area contributed by atoms with Gasteiger partial charge in [0.1, 0.15) is 19.0 Å². The Morgan fingerprint density at radius 2 is 1.95 bits per heavy atom. The molecule has 0 saturated heterocycles. The number of carboxylic acid groups (broad SMARTS) is 1. The minimum atomic E-state index is -1.09. The Bertz CT molecular complexity index is 1240. The average Bonchev–Trinajstić information content (AvgIpc) is 3.66. The molecule has 0 bridgehead atoms. The molecule has 0 spiro atoms. The van der Waals surface area contributed by atoms with Crippen LogP contribution in [-0.2, 0) is 0 Å². The van der Waals surface area contributed by atoms with Crippen molar-refractivity contribution in [3.05, 3.63) is 53.7 Å². The second-order valence-electron chi connectivity index (χ2n) is 8.50. The van der Waals surface area contributed by atoms with Crippen LogP contribution in [0.3, 0.4) is 0 Å². The maximum atomic E-state index is 12.2. The van der Waals surface area contributed by atoms with Gasteiger partial charge < -0.3 is 35.7 Å². The van der Waals surface area contributed by atoms with E-state index >= 15 is 0 Å². The van der Waals surface area contributed by atoms with Crippen molar-refractivity contribution in [2.75, 3.05) is 45.7 Å². The third kappa shape index (κ3) is 7.11. The predicted molar refractivity (Wildman–Crippen MR) is 141 cm³/mol. The van der Waals surface area contributed by atoms with Gasteiger partial charge in [0.15, 0.2) is 22.3 Å². The van der Waals surface area contributed by atoms with Gasteiger partial charge in [-0.1, -0.05) is 29.5 Å². The SMILES string of the molecule is COc1cccc(-c2sc(N)nc2C(=O)O)c1.O=C(NCCNCC1CC1)c1cccc2c1OCCO2. The zero-order chi connectivity index (χ0) is 26.2. The number of carbonyl (C=O) groups excluding carboxylic acids is 1. The maximum absolute atomic E-state index is 12.2. The van der Waals surface area contributed by atoms with Gasteiger partial charge in [-0.05, 0) is 55.1 Å². The average molecular weight is 527 g/mol. The van der Waals surface area contributed by atoms with E-state index in [2.05, 4.69) is 15.6 Å². The number of nitrogens with one attached hydrogen (secondary N) is 2. The van der Waals surface area contributed by atoms with Crippen LogP contribution >= 0.6 is 11.3 Å². The van der Waals surface area contributed by atoms with Crippen LogP contribution in [-0.4, -0.2) is 61.9 Å². The van der Waals surface area contributed by atoms with E-state index in [9.17, 15) is 9.59 Å². The summed E-state index contributed by atoms with van der Waals surface area (Å²) < 4.78 is 16.1. The van der Waals surface area contributed by atoms with E-state index < -0.39 is 5.97 Å². The number of carbonyl (C=O) groups is 2. The summed E-state index contributed by atoms with van der Waals surface area (Å²) in [5, 5.41) is 15.5. The lowest BCUT2D eigenvalue weighted by molar-refractivity contribution is 0.0692. The van der Waals surface area contributed by atoms with Crippen LogP contribution in [0, 0.1) is 5.92 Å². The summed E-state index contributed by atoms with van der Waals surface area (Å²) >= 11 is 1.15. The Hall–Kier alpha value is -3.83. The Kier molecular flexibility index (Phi) is 8.81. The molecule has 1 aromatic heterocycles. The quantitative estimate of drug-likeness (QED) is 0.309. The number of nitrogens with zero attached hydrogens (tertiary/aromatic N) is 1. The molecule has 3 aromatic rings. The normalized spacial score (nSPS) is 13.8. The highest BCUT2D eigenvalue weighted by Gasteiger charge is 2.21. The van der Waals surface area contributed by atoms with Crippen molar-refractivity contribution in [2.24, 2.45) is 5.92 Å². The second kappa shape index (κ2) is 12.4. The molecule has 2 aliphatic rings. The van der Waals surface area contributed by atoms with Crippen LogP contribution < -0.4 is 30.6 Å². The molecule has 1 amide bonds. The number of hydrogen-bond acceptors (Lipinski definition) is 9. The molecule has 0 radical (unpaired) electrons. The molecule has 0 unspecified atom stereocenters. The topological polar surface area (TPSA) is 145 Å². The third-order valence-electron chi connectivity index (χ3n) is 5.71. The minimum Gasteiger partial charge on any atom is -0.497 e. The fourth-order valence-electron chi connectivity index (χ4n) is 3.68. The highest BCUT2D eigenvalue weighted by molar-refractivity contribution is 7.19. The number of thiazole rings is 1. The molecule has 1 aliphatic heterocycles. The van der Waals surface area contributed by atoms with Gasteiger partial charge in [0.25, 0.3) is 5.91 Å². The summed E-state index contributed by atoms with van der Waals surface area (Å²) in [7, 11) is 1.55. The van der Waals surface area contributed by atoms with Gasteiger partial charge >= 0.3 is 5.97 Å². The summed E-state index contributed by atoms with van der Waals surface area (Å²) in [5.41, 5.74) is 6.79. The maximum Gasteiger partial charge on any atom is 0.356 e. The summed E-state index contributed by atoms with van der Waals surface area (Å²) in [6.07, 6.45) is 2.68. The van der Waals surface area contributed by atoms with Gasteiger partial charge in [-0.2, -0.15) is 0 Å². The van der Waals surface area contributed by atoms with E-state index in [4.69, 9.17) is 25.1 Å². The number of nitrogens with two attached hydrogens (primary N) is 1. The largest absolute Gasteiger partial charge is 0.497 e. The first-order chi connectivity index (χ1) is 18.0. The van der Waals surface area contributed by atoms with Gasteiger partial charge in [0, 0.05) is 13.1 Å². The first kappa shape index (κ1) is 26.2. The monoisotopic (exact) mass is 526 g/mol. The van der Waals surface area contributed by atoms with Crippen molar-refractivity contribution in [1.29, 1.82) is 0 Å². The van der Waals surface area contributed by atoms with E-state index in [1.54, 1.807) is 37.4 Å². The number of rotatable bonds is 9. The number of hydrogen-bond donors (Lipinski definition) is 4. The number of aromatic carboxylic acids is 1. The summed E-state index contributed by atoms with van der Waals surface area (Å²) in [6, 6.07) is 12.5. The van der Waals surface area contributed by atoms with Gasteiger partial charge in [-0.15, -0.1) is 0 Å². The molecule has 2 heterocycles. The number of aromatic nitrogens is 1. The second-order valence-corrected chi connectivity index (χ2v) is 9.53. The zero-order valence-corrected chi connectivity index (χ0v) is 21.3. The molecule has 11 heteroatoms. The lowest BCUT2D eigenvalue weighted by atomic mass is 10.1. The third-order valence-corrected chi connectivity index (χ3v) is 6.64. The Balaban J connectivity index is 0.000000176. The standard InChI is InChI=1S/C15H20N2O3.C11H10N2O3S/c18-15(17-7-6-16-10-11-4-5-11)12-2-1-3-13-14(12)20-9-8-19-13;1-16-7-4-2-3-6(5-7)9-8(10(14)15)13-11(12)17-9/h1-3,11,16H,4-10H2,(H,17,18);2-5H,1H3,(H2,12,13)(H,14,15). The number of amides is 1. The first-order valence-electron chi connectivity index (χ1n) is 12.0. The molecule has 5 rings (SSSR count). The summed E-state index contributed by atoms with van der Waals surface area (Å²) in [5.74, 6) is 1.53. The molecule has 10 nitrogen and oxygen atoms in total. The number of methoxy groups -OCH3 is 1. The van der Waals surface area contributed by atoms with Gasteiger partial charge in [0.05, 0.1) is 17.6 Å². The first-order valence-corrected chi connectivity index (χ1v) is 12.8.